The molecule has 0 aliphatic carbocycles. The predicted octanol–water partition coefficient (Wildman–Crippen LogP) is 1.55. The van der Waals surface area contributed by atoms with Crippen molar-refractivity contribution in [1.29, 1.82) is 0 Å². The van der Waals surface area contributed by atoms with Crippen molar-refractivity contribution in [2.45, 2.75) is 30.2 Å². The first kappa shape index (κ1) is 14.4. The molecule has 1 aromatic rings. The van der Waals surface area contributed by atoms with E-state index in [0.717, 1.165) is 24.0 Å². The lowest BCUT2D eigenvalue weighted by molar-refractivity contribution is -0.385. The van der Waals surface area contributed by atoms with Crippen LogP contribution in [0.4, 0.5) is 5.69 Å². The van der Waals surface area contributed by atoms with Gasteiger partial charge in [0.1, 0.15) is 11.8 Å². The molecule has 2 unspecified atom stereocenters. The highest BCUT2D eigenvalue weighted by atomic mass is 32.2. The van der Waals surface area contributed by atoms with Crippen LogP contribution < -0.4 is 0 Å². The van der Waals surface area contributed by atoms with Crippen molar-refractivity contribution in [2.24, 2.45) is 0 Å². The van der Waals surface area contributed by atoms with E-state index in [1.807, 2.05) is 0 Å². The first-order valence-electron chi connectivity index (χ1n) is 5.05. The summed E-state index contributed by atoms with van der Waals surface area (Å²) in [5.74, 6) is -1.38. The molecule has 2 atom stereocenters. The molecule has 98 valence electrons. The van der Waals surface area contributed by atoms with E-state index >= 15 is 0 Å². The van der Waals surface area contributed by atoms with E-state index in [0.29, 0.717) is 5.03 Å². The van der Waals surface area contributed by atoms with Crippen molar-refractivity contribution < 1.29 is 19.9 Å². The molecular formula is C10H12N2O5S. The van der Waals surface area contributed by atoms with Crippen LogP contribution in [0.15, 0.2) is 17.3 Å². The third-order valence-electron chi connectivity index (χ3n) is 2.27. The minimum atomic E-state index is -1.38. The van der Waals surface area contributed by atoms with Gasteiger partial charge in [-0.1, -0.05) is 6.92 Å². The van der Waals surface area contributed by atoms with Gasteiger partial charge in [0.2, 0.25) is 0 Å². The van der Waals surface area contributed by atoms with Crippen molar-refractivity contribution in [2.75, 3.05) is 0 Å². The molecule has 0 bridgehead atoms. The molecule has 0 radical (unpaired) electrons. The normalized spacial score (nSPS) is 13.9. The lowest BCUT2D eigenvalue weighted by Crippen LogP contribution is -2.15. The summed E-state index contributed by atoms with van der Waals surface area (Å²) in [4.78, 5) is 24.6. The van der Waals surface area contributed by atoms with Crippen LogP contribution in [0.3, 0.4) is 0 Å². The Hall–Kier alpha value is -1.67. The van der Waals surface area contributed by atoms with Crippen molar-refractivity contribution in [1.82, 2.24) is 4.98 Å². The highest BCUT2D eigenvalue weighted by molar-refractivity contribution is 7.99. The van der Waals surface area contributed by atoms with E-state index in [1.54, 1.807) is 13.8 Å². The zero-order valence-electron chi connectivity index (χ0n) is 9.73. The zero-order chi connectivity index (χ0) is 13.9. The van der Waals surface area contributed by atoms with Gasteiger partial charge >= 0.3 is 11.7 Å². The van der Waals surface area contributed by atoms with Crippen molar-refractivity contribution >= 4 is 23.4 Å². The summed E-state index contributed by atoms with van der Waals surface area (Å²) >= 11 is 1.16. The molecule has 8 heteroatoms. The average Bonchev–Trinajstić information content (AvgIpc) is 2.28. The molecule has 0 amide bonds. The van der Waals surface area contributed by atoms with Crippen molar-refractivity contribution in [3.05, 3.63) is 27.9 Å². The Balaban J connectivity index is 3.08. The second kappa shape index (κ2) is 5.78. The molecule has 1 heterocycles. The molecule has 18 heavy (non-hydrogen) atoms. The second-order valence-corrected chi connectivity index (χ2v) is 5.06. The van der Waals surface area contributed by atoms with Crippen molar-refractivity contribution in [3.63, 3.8) is 0 Å². The number of aliphatic hydroxyl groups is 1. The second-order valence-electron chi connectivity index (χ2n) is 3.67. The molecule has 2 N–H and O–H groups in total. The Morgan fingerprint density at radius 1 is 1.56 bits per heavy atom. The quantitative estimate of drug-likeness (QED) is 0.474. The van der Waals surface area contributed by atoms with E-state index < -0.39 is 28.2 Å². The van der Waals surface area contributed by atoms with Gasteiger partial charge in [0.25, 0.3) is 0 Å². The number of carboxylic acid groups (broad SMARTS) is 1. The average molecular weight is 272 g/mol. The Kier molecular flexibility index (Phi) is 4.62. The number of nitro groups is 1. The van der Waals surface area contributed by atoms with Gasteiger partial charge < -0.3 is 10.2 Å². The van der Waals surface area contributed by atoms with Crippen LogP contribution >= 0.6 is 11.8 Å². The minimum Gasteiger partial charge on any atom is -0.477 e. The van der Waals surface area contributed by atoms with Crippen LogP contribution in [0.2, 0.25) is 0 Å². The molecule has 0 aromatic carbocycles. The molecule has 0 saturated heterocycles. The first-order chi connectivity index (χ1) is 8.32. The minimum absolute atomic E-state index is 0.194. The fraction of sp³-hybridized carbons (Fsp3) is 0.400. The van der Waals surface area contributed by atoms with Crippen LogP contribution in [0, 0.1) is 10.1 Å². The maximum absolute atomic E-state index is 10.9. The number of hydrogen-bond donors (Lipinski definition) is 2. The number of carbonyl (C=O) groups is 1. The number of aliphatic hydroxyl groups excluding tert-OH is 1. The standard InChI is InChI=1S/C10H12N2O5S/c1-5(13)6(2)18-9-3-7(10(14)15)8(4-11-9)12(16)17/h3-6,13H,1-2H3,(H,14,15). The summed E-state index contributed by atoms with van der Waals surface area (Å²) in [6, 6.07) is 1.14. The van der Waals surface area contributed by atoms with E-state index in [1.165, 1.54) is 0 Å². The summed E-state index contributed by atoms with van der Waals surface area (Å²) in [7, 11) is 0. The third kappa shape index (κ3) is 3.41. The van der Waals surface area contributed by atoms with Gasteiger partial charge in [0.05, 0.1) is 16.1 Å². The molecule has 1 rings (SSSR count). The van der Waals surface area contributed by atoms with Gasteiger partial charge in [-0.05, 0) is 13.0 Å². The lowest BCUT2D eigenvalue weighted by Gasteiger charge is -2.13. The van der Waals surface area contributed by atoms with E-state index in [-0.39, 0.29) is 5.25 Å². The summed E-state index contributed by atoms with van der Waals surface area (Å²) in [5, 5.41) is 29.0. The van der Waals surface area contributed by atoms with E-state index in [2.05, 4.69) is 4.98 Å². The summed E-state index contributed by atoms with van der Waals surface area (Å²) < 4.78 is 0. The Morgan fingerprint density at radius 2 is 2.17 bits per heavy atom. The number of rotatable bonds is 5. The number of aromatic carboxylic acids is 1. The SMILES string of the molecule is CC(O)C(C)Sc1cc(C(=O)O)c([N+](=O)[O-])cn1. The maximum atomic E-state index is 10.9. The van der Waals surface area contributed by atoms with E-state index in [4.69, 9.17) is 5.11 Å². The molecule has 1 aromatic heterocycles. The summed E-state index contributed by atoms with van der Waals surface area (Å²) in [5.41, 5.74) is -0.952. The Bertz CT molecular complexity index is 477. The fourth-order valence-electron chi connectivity index (χ4n) is 1.10. The van der Waals surface area contributed by atoms with Crippen LogP contribution in [0.25, 0.3) is 0 Å². The van der Waals surface area contributed by atoms with Gasteiger partial charge in [0, 0.05) is 5.25 Å². The highest BCUT2D eigenvalue weighted by Gasteiger charge is 2.22. The molecule has 0 spiro atoms. The van der Waals surface area contributed by atoms with Gasteiger partial charge in [0.15, 0.2) is 0 Å². The fourth-order valence-corrected chi connectivity index (χ4v) is 1.98. The number of thioether (sulfide) groups is 1. The number of carboxylic acids is 1. The lowest BCUT2D eigenvalue weighted by atomic mass is 10.2. The third-order valence-corrected chi connectivity index (χ3v) is 3.50. The van der Waals surface area contributed by atoms with Crippen LogP contribution in [-0.4, -0.2) is 37.4 Å². The molecule has 0 aliphatic heterocycles. The molecule has 7 nitrogen and oxygen atoms in total. The largest absolute Gasteiger partial charge is 0.477 e. The monoisotopic (exact) mass is 272 g/mol. The number of nitrogens with zero attached hydrogens (tertiary/aromatic N) is 2. The summed E-state index contributed by atoms with van der Waals surface area (Å²) in [6.07, 6.45) is 0.320. The molecule has 0 aliphatic rings. The van der Waals surface area contributed by atoms with Gasteiger partial charge in [-0.15, -0.1) is 11.8 Å². The maximum Gasteiger partial charge on any atom is 0.342 e. The zero-order valence-corrected chi connectivity index (χ0v) is 10.5. The summed E-state index contributed by atoms with van der Waals surface area (Å²) in [6.45, 7) is 3.35. The van der Waals surface area contributed by atoms with Crippen LogP contribution in [-0.2, 0) is 0 Å². The van der Waals surface area contributed by atoms with Crippen LogP contribution in [0.5, 0.6) is 0 Å². The smallest absolute Gasteiger partial charge is 0.342 e. The van der Waals surface area contributed by atoms with Crippen LogP contribution in [0.1, 0.15) is 24.2 Å². The van der Waals surface area contributed by atoms with Crippen molar-refractivity contribution in [3.8, 4) is 0 Å². The Morgan fingerprint density at radius 3 is 2.61 bits per heavy atom. The predicted molar refractivity (Wildman–Crippen MR) is 64.9 cm³/mol. The Labute approximate surface area is 107 Å². The highest BCUT2D eigenvalue weighted by Crippen LogP contribution is 2.27. The number of hydrogen-bond acceptors (Lipinski definition) is 6. The van der Waals surface area contributed by atoms with E-state index in [9.17, 15) is 20.0 Å². The topological polar surface area (TPSA) is 114 Å². The molecular weight excluding hydrogens is 260 g/mol. The van der Waals surface area contributed by atoms with Gasteiger partial charge in [-0.3, -0.25) is 10.1 Å². The molecule has 0 fully saturated rings. The number of pyridine rings is 1. The molecule has 0 saturated carbocycles. The van der Waals surface area contributed by atoms with Gasteiger partial charge in [-0.25, -0.2) is 9.78 Å². The number of aromatic nitrogens is 1. The van der Waals surface area contributed by atoms with Gasteiger partial charge in [-0.2, -0.15) is 0 Å². The first-order valence-corrected chi connectivity index (χ1v) is 5.93.